The van der Waals surface area contributed by atoms with E-state index in [4.69, 9.17) is 4.74 Å². The number of esters is 1. The number of hydrogen-bond donors (Lipinski definition) is 1. The van der Waals surface area contributed by atoms with Crippen LogP contribution in [-0.2, 0) is 14.3 Å². The van der Waals surface area contributed by atoms with Crippen LogP contribution in [0.5, 0.6) is 0 Å². The summed E-state index contributed by atoms with van der Waals surface area (Å²) in [5.74, 6) is -0.927. The molecule has 3 rings (SSSR count). The molecule has 0 radical (unpaired) electrons. The molecule has 4 heteroatoms. The zero-order valence-corrected chi connectivity index (χ0v) is 14.4. The Bertz CT molecular complexity index is 971. The summed E-state index contributed by atoms with van der Waals surface area (Å²) in [6.07, 6.45) is 3.03. The second kappa shape index (κ2) is 8.12. The number of carbonyl (C=O) groups is 2. The van der Waals surface area contributed by atoms with Crippen LogP contribution in [0.2, 0.25) is 0 Å². The first-order chi connectivity index (χ1) is 12.6. The summed E-state index contributed by atoms with van der Waals surface area (Å²) in [7, 11) is 0. The summed E-state index contributed by atoms with van der Waals surface area (Å²) < 4.78 is 5.01. The van der Waals surface area contributed by atoms with Gasteiger partial charge in [0.25, 0.3) is 5.91 Å². The summed E-state index contributed by atoms with van der Waals surface area (Å²) >= 11 is 0. The highest BCUT2D eigenvalue weighted by Crippen LogP contribution is 2.19. The number of ether oxygens (including phenoxy) is 1. The molecule has 0 heterocycles. The fraction of sp³-hybridized carbons (Fsp3) is 0.0909. The van der Waals surface area contributed by atoms with Crippen molar-refractivity contribution in [1.29, 1.82) is 0 Å². The zero-order chi connectivity index (χ0) is 18.4. The topological polar surface area (TPSA) is 55.4 Å². The predicted octanol–water partition coefficient (Wildman–Crippen LogP) is 4.34. The van der Waals surface area contributed by atoms with Crippen molar-refractivity contribution in [2.75, 3.05) is 11.9 Å². The van der Waals surface area contributed by atoms with Crippen molar-refractivity contribution in [3.8, 4) is 0 Å². The number of para-hydroxylation sites is 1. The van der Waals surface area contributed by atoms with E-state index in [0.717, 1.165) is 21.9 Å². The average Bonchev–Trinajstić information content (AvgIpc) is 2.66. The van der Waals surface area contributed by atoms with Gasteiger partial charge in [-0.3, -0.25) is 4.79 Å². The highest BCUT2D eigenvalue weighted by Gasteiger charge is 2.07. The monoisotopic (exact) mass is 345 g/mol. The number of benzene rings is 3. The number of hydrogen-bond acceptors (Lipinski definition) is 3. The lowest BCUT2D eigenvalue weighted by Crippen LogP contribution is -2.20. The second-order valence-corrected chi connectivity index (χ2v) is 5.87. The number of anilines is 1. The SMILES string of the molecule is Cc1ccccc1NC(=O)COC(=O)C=Cc1cccc2ccccc12. The molecule has 26 heavy (non-hydrogen) atoms. The van der Waals surface area contributed by atoms with E-state index < -0.39 is 5.97 Å². The van der Waals surface area contributed by atoms with Gasteiger partial charge in [-0.25, -0.2) is 4.79 Å². The summed E-state index contributed by atoms with van der Waals surface area (Å²) in [4.78, 5) is 23.8. The standard InChI is InChI=1S/C22H19NO3/c1-16-7-2-5-12-20(16)23-21(24)15-26-22(25)14-13-18-10-6-9-17-8-3-4-11-19(17)18/h2-14H,15H2,1H3,(H,23,24). The molecule has 0 aliphatic carbocycles. The first-order valence-corrected chi connectivity index (χ1v) is 8.31. The Balaban J connectivity index is 1.58. The molecule has 1 amide bonds. The largest absolute Gasteiger partial charge is 0.452 e. The van der Waals surface area contributed by atoms with Crippen LogP contribution in [0, 0.1) is 6.92 Å². The molecule has 3 aromatic rings. The molecule has 0 spiro atoms. The van der Waals surface area contributed by atoms with Crippen LogP contribution in [-0.4, -0.2) is 18.5 Å². The molecule has 0 fully saturated rings. The van der Waals surface area contributed by atoms with Gasteiger partial charge in [0.1, 0.15) is 0 Å². The minimum atomic E-state index is -0.558. The number of carbonyl (C=O) groups excluding carboxylic acids is 2. The zero-order valence-electron chi connectivity index (χ0n) is 14.4. The smallest absolute Gasteiger partial charge is 0.331 e. The third-order valence-electron chi connectivity index (χ3n) is 3.99. The van der Waals surface area contributed by atoms with E-state index in [1.165, 1.54) is 6.08 Å². The molecule has 3 aromatic carbocycles. The van der Waals surface area contributed by atoms with E-state index in [9.17, 15) is 9.59 Å². The second-order valence-electron chi connectivity index (χ2n) is 5.87. The van der Waals surface area contributed by atoms with E-state index >= 15 is 0 Å². The molecular weight excluding hydrogens is 326 g/mol. The maximum atomic E-state index is 11.9. The van der Waals surface area contributed by atoms with Gasteiger partial charge in [-0.2, -0.15) is 0 Å². The molecular formula is C22H19NO3. The molecule has 4 nitrogen and oxygen atoms in total. The Morgan fingerprint density at radius 1 is 0.962 bits per heavy atom. The van der Waals surface area contributed by atoms with Crippen LogP contribution < -0.4 is 5.32 Å². The first-order valence-electron chi connectivity index (χ1n) is 8.31. The maximum Gasteiger partial charge on any atom is 0.331 e. The van der Waals surface area contributed by atoms with Crippen molar-refractivity contribution in [2.24, 2.45) is 0 Å². The normalized spacial score (nSPS) is 10.8. The highest BCUT2D eigenvalue weighted by molar-refractivity contribution is 5.97. The molecule has 1 N–H and O–H groups in total. The Morgan fingerprint density at radius 3 is 2.54 bits per heavy atom. The third-order valence-corrected chi connectivity index (χ3v) is 3.99. The molecule has 0 saturated heterocycles. The van der Waals surface area contributed by atoms with Crippen LogP contribution in [0.15, 0.2) is 72.8 Å². The lowest BCUT2D eigenvalue weighted by Gasteiger charge is -2.07. The molecule has 0 unspecified atom stereocenters. The molecule has 0 atom stereocenters. The van der Waals surface area contributed by atoms with E-state index in [1.807, 2.05) is 67.6 Å². The van der Waals surface area contributed by atoms with Crippen LogP contribution in [0.3, 0.4) is 0 Å². The molecule has 0 aliphatic rings. The molecule has 0 bridgehead atoms. The van der Waals surface area contributed by atoms with Crippen molar-refractivity contribution < 1.29 is 14.3 Å². The summed E-state index contributed by atoms with van der Waals surface area (Å²) in [5.41, 5.74) is 2.58. The van der Waals surface area contributed by atoms with Gasteiger partial charge in [0, 0.05) is 11.8 Å². The number of rotatable bonds is 5. The Kier molecular flexibility index (Phi) is 5.44. The lowest BCUT2D eigenvalue weighted by atomic mass is 10.0. The van der Waals surface area contributed by atoms with Gasteiger partial charge in [0.05, 0.1) is 0 Å². The predicted molar refractivity (Wildman–Crippen MR) is 104 cm³/mol. The van der Waals surface area contributed by atoms with Crippen molar-refractivity contribution in [3.05, 3.63) is 83.9 Å². The van der Waals surface area contributed by atoms with Gasteiger partial charge in [0.15, 0.2) is 6.61 Å². The van der Waals surface area contributed by atoms with Crippen molar-refractivity contribution in [1.82, 2.24) is 0 Å². The fourth-order valence-corrected chi connectivity index (χ4v) is 2.64. The number of aryl methyl sites for hydroxylation is 1. The van der Waals surface area contributed by atoms with Crippen LogP contribution in [0.25, 0.3) is 16.8 Å². The van der Waals surface area contributed by atoms with Gasteiger partial charge >= 0.3 is 5.97 Å². The maximum absolute atomic E-state index is 11.9. The molecule has 0 saturated carbocycles. The Morgan fingerprint density at radius 2 is 1.69 bits per heavy atom. The van der Waals surface area contributed by atoms with Crippen LogP contribution in [0.1, 0.15) is 11.1 Å². The van der Waals surface area contributed by atoms with Crippen molar-refractivity contribution >= 4 is 34.4 Å². The van der Waals surface area contributed by atoms with Gasteiger partial charge in [-0.15, -0.1) is 0 Å². The molecule has 0 aliphatic heterocycles. The summed E-state index contributed by atoms with van der Waals surface area (Å²) in [6.45, 7) is 1.57. The third kappa shape index (κ3) is 4.36. The Labute approximate surface area is 152 Å². The van der Waals surface area contributed by atoms with E-state index in [-0.39, 0.29) is 12.5 Å². The summed E-state index contributed by atoms with van der Waals surface area (Å²) in [6, 6.07) is 21.2. The first kappa shape index (κ1) is 17.4. The quantitative estimate of drug-likeness (QED) is 0.553. The van der Waals surface area contributed by atoms with Gasteiger partial charge < -0.3 is 10.1 Å². The van der Waals surface area contributed by atoms with Gasteiger partial charge in [0.2, 0.25) is 0 Å². The van der Waals surface area contributed by atoms with Crippen molar-refractivity contribution in [2.45, 2.75) is 6.92 Å². The van der Waals surface area contributed by atoms with Gasteiger partial charge in [-0.05, 0) is 41.0 Å². The lowest BCUT2D eigenvalue weighted by molar-refractivity contribution is -0.142. The van der Waals surface area contributed by atoms with E-state index in [1.54, 1.807) is 12.1 Å². The van der Waals surface area contributed by atoms with Gasteiger partial charge in [-0.1, -0.05) is 60.7 Å². The molecule has 130 valence electrons. The van der Waals surface area contributed by atoms with Crippen molar-refractivity contribution in [3.63, 3.8) is 0 Å². The number of amides is 1. The number of fused-ring (bicyclic) bond motifs is 1. The number of nitrogens with one attached hydrogen (secondary N) is 1. The minimum Gasteiger partial charge on any atom is -0.452 e. The van der Waals surface area contributed by atoms with E-state index in [0.29, 0.717) is 5.69 Å². The minimum absolute atomic E-state index is 0.326. The van der Waals surface area contributed by atoms with Crippen LogP contribution in [0.4, 0.5) is 5.69 Å². The average molecular weight is 345 g/mol. The van der Waals surface area contributed by atoms with Crippen LogP contribution >= 0.6 is 0 Å². The molecule has 0 aromatic heterocycles. The fourth-order valence-electron chi connectivity index (χ4n) is 2.64. The summed E-state index contributed by atoms with van der Waals surface area (Å²) in [5, 5.41) is 4.87. The Hall–Kier alpha value is -3.40. The highest BCUT2D eigenvalue weighted by atomic mass is 16.5. The van der Waals surface area contributed by atoms with E-state index in [2.05, 4.69) is 5.32 Å².